The number of aromatic nitrogens is 5. The molecule has 0 unspecified atom stereocenters. The molecular formula is C48H64GdN5O10. The van der Waals surface area contributed by atoms with E-state index in [0.717, 1.165) is 68.7 Å². The van der Waals surface area contributed by atoms with Crippen LogP contribution in [0.4, 0.5) is 0 Å². The standard InChI is InChI=1S/C48H64N5O10.Gd/c1-7-35-36(8-2)40-28-42-38(12-10-14-55)34(4)46(53-42)32-50-44-30-48(63-26-24-61-22-20-59-18-16-57-6)47(62-25-23-60-21-19-58-17-15-56-5)29-43(44)49-31-45-33(3)37(11-9-13-54)41(52-45)27-39(35)51-40;/h27-32H,7-26H2,1-6H3;/q-3;+3. The van der Waals surface area contributed by atoms with Gasteiger partial charge in [-0.2, -0.15) is 0 Å². The van der Waals surface area contributed by atoms with Gasteiger partial charge in [-0.05, 0) is 61.8 Å². The number of allylic oxidation sites excluding steroid dienone is 4. The molecule has 64 heavy (non-hydrogen) atoms. The number of rotatable bonds is 28. The number of methoxy groups -OCH3 is 2. The smallest absolute Gasteiger partial charge is 0.854 e. The molecule has 0 saturated heterocycles. The number of nitrogens with zero attached hydrogens (tertiary/aromatic N) is 5. The molecule has 0 atom stereocenters. The maximum Gasteiger partial charge on any atom is 3.00 e. The second-order valence-electron chi connectivity index (χ2n) is 14.9. The Morgan fingerprint density at radius 1 is 0.516 bits per heavy atom. The molecule has 1 aromatic carbocycles. The van der Waals surface area contributed by atoms with Gasteiger partial charge in [0.15, 0.2) is 11.5 Å². The zero-order valence-corrected chi connectivity index (χ0v) is 40.5. The average molecular weight is 1030 g/mol. The predicted molar refractivity (Wildman–Crippen MR) is 240 cm³/mol. The van der Waals surface area contributed by atoms with Crippen molar-refractivity contribution >= 4 is 44.4 Å². The monoisotopic (exact) mass is 1030 g/mol. The van der Waals surface area contributed by atoms with E-state index in [2.05, 4.69) is 13.8 Å². The van der Waals surface area contributed by atoms with Crippen molar-refractivity contribution in [3.05, 3.63) is 70.6 Å². The molecule has 1 radical (unpaired) electrons. The molecule has 0 amide bonds. The Kier molecular flexibility index (Phi) is 24.5. The second-order valence-corrected chi connectivity index (χ2v) is 14.9. The van der Waals surface area contributed by atoms with Crippen LogP contribution in [0, 0.1) is 39.9 Å². The summed E-state index contributed by atoms with van der Waals surface area (Å²) in [5.74, 6) is 0.895. The van der Waals surface area contributed by atoms with Crippen molar-refractivity contribution in [2.75, 3.05) is 107 Å². The molecule has 6 bridgehead atoms. The number of ether oxygens (including phenoxy) is 8. The van der Waals surface area contributed by atoms with Gasteiger partial charge in [0.05, 0.1) is 112 Å². The number of fused-ring (bicyclic) bond motifs is 7. The van der Waals surface area contributed by atoms with Gasteiger partial charge in [0.2, 0.25) is 0 Å². The first-order valence-electron chi connectivity index (χ1n) is 22.0. The molecule has 2 aliphatic heterocycles. The number of hydrogen-bond donors (Lipinski definition) is 0. The van der Waals surface area contributed by atoms with Crippen LogP contribution >= 0.6 is 0 Å². The Hall–Kier alpha value is -3.26. The summed E-state index contributed by atoms with van der Waals surface area (Å²) < 4.78 is 45.2. The molecule has 349 valence electrons. The van der Waals surface area contributed by atoms with Crippen molar-refractivity contribution in [1.82, 2.24) is 24.9 Å². The quantitative estimate of drug-likeness (QED) is 0.0847. The van der Waals surface area contributed by atoms with Crippen LogP contribution in [-0.4, -0.2) is 127 Å². The molecule has 2 aliphatic rings. The SMILES string of the molecule is CCc1c(CC)c2cc3nc(cnc4cc(OCCOCCOCCOC)c(OCCOCCOCCOC)cc4ncc4nc(cc1[n-]2)C(CCC[O-])=C4C)C(C)=C3CCC[O-].[Gd+3]. The molecule has 16 heteroatoms. The number of aryl methyl sites for hydroxylation is 2. The van der Waals surface area contributed by atoms with Gasteiger partial charge in [0.25, 0.3) is 0 Å². The zero-order chi connectivity index (χ0) is 44.8. The van der Waals surface area contributed by atoms with E-state index in [4.69, 9.17) is 62.8 Å². The maximum atomic E-state index is 11.8. The van der Waals surface area contributed by atoms with Gasteiger partial charge in [-0.1, -0.05) is 49.9 Å². The van der Waals surface area contributed by atoms with Gasteiger partial charge in [0.1, 0.15) is 13.2 Å². The van der Waals surface area contributed by atoms with Crippen LogP contribution in [0.2, 0.25) is 0 Å². The van der Waals surface area contributed by atoms with E-state index in [9.17, 15) is 10.2 Å². The van der Waals surface area contributed by atoms with Crippen LogP contribution in [0.3, 0.4) is 0 Å². The first kappa shape index (κ1) is 53.4. The number of hydrogen-bond acceptors (Lipinski definition) is 14. The largest absolute Gasteiger partial charge is 3.00 e. The molecule has 4 heterocycles. The van der Waals surface area contributed by atoms with Gasteiger partial charge >= 0.3 is 39.9 Å². The van der Waals surface area contributed by atoms with Crippen LogP contribution < -0.4 is 24.7 Å². The second kappa shape index (κ2) is 29.4. The van der Waals surface area contributed by atoms with Crippen LogP contribution in [0.5, 0.6) is 11.5 Å². The van der Waals surface area contributed by atoms with E-state index < -0.39 is 0 Å². The van der Waals surface area contributed by atoms with Crippen LogP contribution in [0.15, 0.2) is 36.7 Å². The third kappa shape index (κ3) is 15.4. The Morgan fingerprint density at radius 2 is 0.891 bits per heavy atom. The summed E-state index contributed by atoms with van der Waals surface area (Å²) in [5.41, 5.74) is 11.8. The molecule has 3 aromatic rings. The third-order valence-corrected chi connectivity index (χ3v) is 10.7. The summed E-state index contributed by atoms with van der Waals surface area (Å²) in [6.45, 7) is 12.8. The van der Waals surface area contributed by atoms with Gasteiger partial charge in [0, 0.05) is 26.4 Å². The minimum absolute atomic E-state index is 0. The van der Waals surface area contributed by atoms with Crippen molar-refractivity contribution < 1.29 is 88.0 Å². The van der Waals surface area contributed by atoms with Crippen molar-refractivity contribution in [3.63, 3.8) is 0 Å². The van der Waals surface area contributed by atoms with Crippen LogP contribution in [-0.2, 0) is 41.3 Å². The fourth-order valence-electron chi connectivity index (χ4n) is 7.32. The molecule has 15 nitrogen and oxygen atoms in total. The van der Waals surface area contributed by atoms with Crippen molar-refractivity contribution in [2.24, 2.45) is 0 Å². The fraction of sp³-hybridized carbons (Fsp3) is 0.542. The Labute approximate surface area is 409 Å². The fourth-order valence-corrected chi connectivity index (χ4v) is 7.32. The molecular weight excluding hydrogens is 964 g/mol. The zero-order valence-electron chi connectivity index (χ0n) is 38.3. The summed E-state index contributed by atoms with van der Waals surface area (Å²) in [7, 11) is 3.27. The Morgan fingerprint density at radius 3 is 1.25 bits per heavy atom. The predicted octanol–water partition coefficient (Wildman–Crippen LogP) is 5.35. The third-order valence-electron chi connectivity index (χ3n) is 10.7. The molecule has 2 aromatic heterocycles. The van der Waals surface area contributed by atoms with E-state index in [1.54, 1.807) is 38.7 Å². The van der Waals surface area contributed by atoms with E-state index >= 15 is 0 Å². The molecule has 0 N–H and O–H groups in total. The molecule has 0 fully saturated rings. The maximum absolute atomic E-state index is 11.8. The first-order valence-corrected chi connectivity index (χ1v) is 22.0. The van der Waals surface area contributed by atoms with E-state index in [1.165, 1.54) is 0 Å². The average Bonchev–Trinajstić information content (AvgIpc) is 3.89. The molecule has 0 aliphatic carbocycles. The topological polar surface area (TPSA) is 186 Å². The van der Waals surface area contributed by atoms with Gasteiger partial charge < -0.3 is 53.1 Å². The van der Waals surface area contributed by atoms with Crippen molar-refractivity contribution in [3.8, 4) is 11.5 Å². The van der Waals surface area contributed by atoms with E-state index in [1.807, 2.05) is 26.0 Å². The van der Waals surface area contributed by atoms with Gasteiger partial charge in [-0.25, -0.2) is 9.97 Å². The van der Waals surface area contributed by atoms with Crippen LogP contribution in [0.25, 0.3) is 44.4 Å². The van der Waals surface area contributed by atoms with E-state index in [-0.39, 0.29) is 66.4 Å². The normalized spacial score (nSPS) is 12.5. The number of benzene rings is 1. The summed E-state index contributed by atoms with van der Waals surface area (Å²) in [5, 5.41) is 23.5. The molecule has 0 spiro atoms. The summed E-state index contributed by atoms with van der Waals surface area (Å²) in [6, 6.07) is 7.69. The minimum Gasteiger partial charge on any atom is -0.854 e. The molecule has 0 saturated carbocycles. The van der Waals surface area contributed by atoms with Crippen LogP contribution in [0.1, 0.15) is 87.3 Å². The summed E-state index contributed by atoms with van der Waals surface area (Å²) in [6.07, 6.45) is 7.17. The van der Waals surface area contributed by atoms with Gasteiger partial charge in [-0.15, -0.1) is 24.2 Å². The summed E-state index contributed by atoms with van der Waals surface area (Å²) in [4.78, 5) is 25.3. The summed E-state index contributed by atoms with van der Waals surface area (Å²) >= 11 is 0. The van der Waals surface area contributed by atoms with Crippen molar-refractivity contribution in [1.29, 1.82) is 0 Å². The molecule has 5 rings (SSSR count). The van der Waals surface area contributed by atoms with Gasteiger partial charge in [-0.3, -0.25) is 9.97 Å². The minimum atomic E-state index is -0.189. The first-order chi connectivity index (χ1) is 30.9. The van der Waals surface area contributed by atoms with E-state index in [0.29, 0.717) is 126 Å². The Balaban J connectivity index is 0.00000898. The van der Waals surface area contributed by atoms with Crippen molar-refractivity contribution in [2.45, 2.75) is 66.2 Å². The Bertz CT molecular complexity index is 2050.